The topological polar surface area (TPSA) is 48.4 Å². The van der Waals surface area contributed by atoms with Crippen molar-refractivity contribution in [3.8, 4) is 0 Å². The van der Waals surface area contributed by atoms with Gasteiger partial charge in [-0.1, -0.05) is 19.3 Å². The van der Waals surface area contributed by atoms with Gasteiger partial charge in [0.1, 0.15) is 18.1 Å². The molecule has 1 aromatic rings. The quantitative estimate of drug-likeness (QED) is 0.853. The first-order valence-corrected chi connectivity index (χ1v) is 6.19. The van der Waals surface area contributed by atoms with Gasteiger partial charge in [-0.3, -0.25) is 0 Å². The average Bonchev–Trinajstić information content (AvgIpc) is 2.69. The molecule has 0 aliphatic heterocycles. The van der Waals surface area contributed by atoms with Crippen molar-refractivity contribution in [1.82, 2.24) is 0 Å². The van der Waals surface area contributed by atoms with Crippen LogP contribution >= 0.6 is 0 Å². The zero-order valence-electron chi connectivity index (χ0n) is 10.00. The molecule has 1 heterocycles. The lowest BCUT2D eigenvalue weighted by atomic mass is 9.98. The number of rotatable bonds is 4. The highest BCUT2D eigenvalue weighted by molar-refractivity contribution is 5.19. The van der Waals surface area contributed by atoms with Gasteiger partial charge in [0.15, 0.2) is 0 Å². The minimum atomic E-state index is 0.431. The van der Waals surface area contributed by atoms with Gasteiger partial charge in [-0.05, 0) is 25.8 Å². The van der Waals surface area contributed by atoms with E-state index in [2.05, 4.69) is 0 Å². The second-order valence-corrected chi connectivity index (χ2v) is 4.57. The van der Waals surface area contributed by atoms with E-state index < -0.39 is 0 Å². The van der Waals surface area contributed by atoms with Crippen LogP contribution in [0.4, 0.5) is 0 Å². The molecular weight excluding hydrogens is 202 g/mol. The van der Waals surface area contributed by atoms with E-state index in [4.69, 9.17) is 14.9 Å². The van der Waals surface area contributed by atoms with Crippen LogP contribution in [0.2, 0.25) is 0 Å². The molecule has 0 spiro atoms. The zero-order chi connectivity index (χ0) is 11.4. The molecule has 0 bridgehead atoms. The lowest BCUT2D eigenvalue weighted by Crippen LogP contribution is -2.16. The normalized spacial score (nSPS) is 17.9. The largest absolute Gasteiger partial charge is 0.464 e. The smallest absolute Gasteiger partial charge is 0.130 e. The van der Waals surface area contributed by atoms with Crippen molar-refractivity contribution in [3.05, 3.63) is 23.2 Å². The summed E-state index contributed by atoms with van der Waals surface area (Å²) in [4.78, 5) is 0. The summed E-state index contributed by atoms with van der Waals surface area (Å²) >= 11 is 0. The Kier molecular flexibility index (Phi) is 4.02. The summed E-state index contributed by atoms with van der Waals surface area (Å²) in [6.07, 6.45) is 6.79. The van der Waals surface area contributed by atoms with Gasteiger partial charge in [0, 0.05) is 12.1 Å². The minimum absolute atomic E-state index is 0.431. The molecule has 0 unspecified atom stereocenters. The van der Waals surface area contributed by atoms with Crippen LogP contribution in [0.5, 0.6) is 0 Å². The first kappa shape index (κ1) is 11.7. The predicted molar refractivity (Wildman–Crippen MR) is 63.0 cm³/mol. The SMILES string of the molecule is Cc1oc(COC2CCCCC2)cc1CN. The highest BCUT2D eigenvalue weighted by Crippen LogP contribution is 2.22. The first-order chi connectivity index (χ1) is 7.79. The summed E-state index contributed by atoms with van der Waals surface area (Å²) < 4.78 is 11.4. The van der Waals surface area contributed by atoms with Crippen molar-refractivity contribution >= 4 is 0 Å². The van der Waals surface area contributed by atoms with Gasteiger partial charge in [0.25, 0.3) is 0 Å². The Bertz CT molecular complexity index is 327. The third-order valence-electron chi connectivity index (χ3n) is 3.31. The third kappa shape index (κ3) is 2.86. The molecule has 1 saturated carbocycles. The van der Waals surface area contributed by atoms with Crippen LogP contribution < -0.4 is 5.73 Å². The third-order valence-corrected chi connectivity index (χ3v) is 3.31. The van der Waals surface area contributed by atoms with E-state index in [1.807, 2.05) is 13.0 Å². The molecule has 1 aromatic heterocycles. The Morgan fingerprint density at radius 3 is 2.75 bits per heavy atom. The van der Waals surface area contributed by atoms with Gasteiger partial charge in [-0.2, -0.15) is 0 Å². The Hall–Kier alpha value is -0.800. The molecule has 0 atom stereocenters. The number of hydrogen-bond donors (Lipinski definition) is 1. The summed E-state index contributed by atoms with van der Waals surface area (Å²) in [5, 5.41) is 0. The standard InChI is InChI=1S/C13H21NO2/c1-10-11(8-14)7-13(16-10)9-15-12-5-3-2-4-6-12/h7,12H,2-6,8-9,14H2,1H3. The van der Waals surface area contributed by atoms with E-state index in [9.17, 15) is 0 Å². The zero-order valence-corrected chi connectivity index (χ0v) is 10.00. The van der Waals surface area contributed by atoms with Gasteiger partial charge in [0.2, 0.25) is 0 Å². The van der Waals surface area contributed by atoms with Crippen molar-refractivity contribution < 1.29 is 9.15 Å². The molecule has 2 N–H and O–H groups in total. The molecule has 0 saturated heterocycles. The van der Waals surface area contributed by atoms with E-state index in [1.165, 1.54) is 32.1 Å². The maximum absolute atomic E-state index is 5.85. The first-order valence-electron chi connectivity index (χ1n) is 6.19. The molecule has 0 radical (unpaired) electrons. The van der Waals surface area contributed by atoms with Gasteiger partial charge in [0.05, 0.1) is 6.10 Å². The fraction of sp³-hybridized carbons (Fsp3) is 0.692. The highest BCUT2D eigenvalue weighted by Gasteiger charge is 2.15. The summed E-state index contributed by atoms with van der Waals surface area (Å²) in [6.45, 7) is 3.08. The molecule has 1 aliphatic carbocycles. The number of hydrogen-bond acceptors (Lipinski definition) is 3. The van der Waals surface area contributed by atoms with Crippen molar-refractivity contribution in [1.29, 1.82) is 0 Å². The van der Waals surface area contributed by atoms with Crippen molar-refractivity contribution in [2.75, 3.05) is 0 Å². The second kappa shape index (κ2) is 5.51. The van der Waals surface area contributed by atoms with E-state index in [0.29, 0.717) is 19.3 Å². The molecule has 3 heteroatoms. The van der Waals surface area contributed by atoms with Gasteiger partial charge in [-0.15, -0.1) is 0 Å². The lowest BCUT2D eigenvalue weighted by Gasteiger charge is -2.21. The van der Waals surface area contributed by atoms with Gasteiger partial charge < -0.3 is 14.9 Å². The highest BCUT2D eigenvalue weighted by atomic mass is 16.5. The Morgan fingerprint density at radius 2 is 2.12 bits per heavy atom. The maximum Gasteiger partial charge on any atom is 0.130 e. The van der Waals surface area contributed by atoms with Crippen LogP contribution in [0.25, 0.3) is 0 Å². The molecule has 2 rings (SSSR count). The van der Waals surface area contributed by atoms with E-state index in [1.54, 1.807) is 0 Å². The second-order valence-electron chi connectivity index (χ2n) is 4.57. The van der Waals surface area contributed by atoms with Crippen molar-refractivity contribution in [3.63, 3.8) is 0 Å². The van der Waals surface area contributed by atoms with Gasteiger partial charge in [-0.25, -0.2) is 0 Å². The van der Waals surface area contributed by atoms with Crippen molar-refractivity contribution in [2.24, 2.45) is 5.73 Å². The number of nitrogens with two attached hydrogens (primary N) is 1. The molecule has 1 aliphatic rings. The molecule has 90 valence electrons. The molecule has 1 fully saturated rings. The average molecular weight is 223 g/mol. The molecular formula is C13H21NO2. The summed E-state index contributed by atoms with van der Waals surface area (Å²) in [5.41, 5.74) is 6.69. The van der Waals surface area contributed by atoms with E-state index in [0.717, 1.165) is 17.1 Å². The predicted octanol–water partition coefficient (Wildman–Crippen LogP) is 2.90. The van der Waals surface area contributed by atoms with E-state index >= 15 is 0 Å². The summed E-state index contributed by atoms with van der Waals surface area (Å²) in [5.74, 6) is 1.83. The van der Waals surface area contributed by atoms with Crippen LogP contribution in [-0.2, 0) is 17.9 Å². The van der Waals surface area contributed by atoms with Crippen LogP contribution in [0, 0.1) is 6.92 Å². The van der Waals surface area contributed by atoms with E-state index in [-0.39, 0.29) is 0 Å². The van der Waals surface area contributed by atoms with Crippen LogP contribution in [-0.4, -0.2) is 6.10 Å². The van der Waals surface area contributed by atoms with Crippen LogP contribution in [0.3, 0.4) is 0 Å². The maximum atomic E-state index is 5.85. The molecule has 3 nitrogen and oxygen atoms in total. The number of ether oxygens (including phenoxy) is 1. The minimum Gasteiger partial charge on any atom is -0.464 e. The molecule has 0 amide bonds. The molecule has 16 heavy (non-hydrogen) atoms. The monoisotopic (exact) mass is 223 g/mol. The van der Waals surface area contributed by atoms with Crippen LogP contribution in [0.1, 0.15) is 49.2 Å². The molecule has 0 aromatic carbocycles. The van der Waals surface area contributed by atoms with Gasteiger partial charge >= 0.3 is 0 Å². The summed E-state index contributed by atoms with van der Waals surface area (Å²) in [7, 11) is 0. The van der Waals surface area contributed by atoms with Crippen molar-refractivity contribution in [2.45, 2.75) is 58.3 Å². The summed E-state index contributed by atoms with van der Waals surface area (Å²) in [6, 6.07) is 2.01. The number of furan rings is 1. The Morgan fingerprint density at radius 1 is 1.38 bits per heavy atom. The fourth-order valence-electron chi connectivity index (χ4n) is 2.29. The fourth-order valence-corrected chi connectivity index (χ4v) is 2.29. The lowest BCUT2D eigenvalue weighted by molar-refractivity contribution is 0.00850. The Labute approximate surface area is 97.0 Å². The number of aryl methyl sites for hydroxylation is 1. The van der Waals surface area contributed by atoms with Crippen LogP contribution in [0.15, 0.2) is 10.5 Å². The Balaban J connectivity index is 1.83.